The average Bonchev–Trinajstić information content (AvgIpc) is 2.48. The molecule has 0 aliphatic carbocycles. The molecule has 0 saturated carbocycles. The minimum absolute atomic E-state index is 0.0384. The first kappa shape index (κ1) is 14.5. The molecule has 1 aromatic carbocycles. The number of rotatable bonds is 5. The van der Waals surface area contributed by atoms with Gasteiger partial charge in [0.05, 0.1) is 12.5 Å². The number of benzene rings is 1. The summed E-state index contributed by atoms with van der Waals surface area (Å²) in [5.41, 5.74) is 1.17. The van der Waals surface area contributed by atoms with Crippen molar-refractivity contribution in [3.63, 3.8) is 0 Å². The number of alkyl halides is 1. The minimum Gasteiger partial charge on any atom is -0.381 e. The summed E-state index contributed by atoms with van der Waals surface area (Å²) in [5.74, 6) is 0.263. The van der Waals surface area contributed by atoms with E-state index >= 15 is 0 Å². The predicted molar refractivity (Wildman–Crippen MR) is 79.2 cm³/mol. The first-order valence-electron chi connectivity index (χ1n) is 6.77. The van der Waals surface area contributed by atoms with Gasteiger partial charge in [-0.3, -0.25) is 4.79 Å². The molecule has 1 aliphatic heterocycles. The van der Waals surface area contributed by atoms with E-state index in [1.807, 2.05) is 23.1 Å². The number of hydrogen-bond donors (Lipinski definition) is 0. The Labute approximate surface area is 123 Å². The van der Waals surface area contributed by atoms with E-state index in [0.29, 0.717) is 13.2 Å². The van der Waals surface area contributed by atoms with Gasteiger partial charge >= 0.3 is 0 Å². The Morgan fingerprint density at radius 2 is 2.16 bits per heavy atom. The SMILES string of the molecule is O=C(C1CCCOC1)N(CCBr)Cc1ccccc1. The van der Waals surface area contributed by atoms with Crippen LogP contribution in [0.25, 0.3) is 0 Å². The molecule has 0 aromatic heterocycles. The van der Waals surface area contributed by atoms with E-state index in [1.165, 1.54) is 5.56 Å². The molecule has 0 radical (unpaired) electrons. The zero-order valence-electron chi connectivity index (χ0n) is 11.1. The van der Waals surface area contributed by atoms with E-state index in [9.17, 15) is 4.79 Å². The van der Waals surface area contributed by atoms with Gasteiger partial charge in [0, 0.05) is 25.0 Å². The van der Waals surface area contributed by atoms with Gasteiger partial charge in [-0.1, -0.05) is 46.3 Å². The highest BCUT2D eigenvalue weighted by Gasteiger charge is 2.26. The van der Waals surface area contributed by atoms with E-state index in [4.69, 9.17) is 4.74 Å². The number of halogens is 1. The van der Waals surface area contributed by atoms with E-state index < -0.39 is 0 Å². The molecule has 1 unspecified atom stereocenters. The minimum atomic E-state index is 0.0384. The Kier molecular flexibility index (Phi) is 5.86. The Balaban J connectivity index is 2.00. The molecule has 2 rings (SSSR count). The molecule has 0 spiro atoms. The van der Waals surface area contributed by atoms with Crippen LogP contribution in [0, 0.1) is 5.92 Å². The molecule has 1 heterocycles. The summed E-state index contributed by atoms with van der Waals surface area (Å²) in [4.78, 5) is 14.5. The molecular weight excluding hydrogens is 306 g/mol. The van der Waals surface area contributed by atoms with E-state index in [0.717, 1.165) is 31.3 Å². The maximum absolute atomic E-state index is 12.5. The summed E-state index contributed by atoms with van der Waals surface area (Å²) in [5, 5.41) is 0.805. The van der Waals surface area contributed by atoms with E-state index in [-0.39, 0.29) is 11.8 Å². The monoisotopic (exact) mass is 325 g/mol. The largest absolute Gasteiger partial charge is 0.381 e. The second kappa shape index (κ2) is 7.65. The second-order valence-corrected chi connectivity index (χ2v) is 5.64. The van der Waals surface area contributed by atoms with Crippen LogP contribution in [0.4, 0.5) is 0 Å². The van der Waals surface area contributed by atoms with Gasteiger partial charge in [0.1, 0.15) is 0 Å². The van der Waals surface area contributed by atoms with Crippen LogP contribution >= 0.6 is 15.9 Å². The Morgan fingerprint density at radius 3 is 2.79 bits per heavy atom. The number of hydrogen-bond acceptors (Lipinski definition) is 2. The Hall–Kier alpha value is -0.870. The van der Waals surface area contributed by atoms with Crippen molar-refractivity contribution in [3.05, 3.63) is 35.9 Å². The molecule has 3 nitrogen and oxygen atoms in total. The van der Waals surface area contributed by atoms with Crippen LogP contribution in [0.5, 0.6) is 0 Å². The number of carbonyl (C=O) groups is 1. The lowest BCUT2D eigenvalue weighted by Gasteiger charge is -2.29. The van der Waals surface area contributed by atoms with E-state index in [2.05, 4.69) is 28.1 Å². The first-order chi connectivity index (χ1) is 9.31. The predicted octanol–water partition coefficient (Wildman–Crippen LogP) is 2.84. The highest BCUT2D eigenvalue weighted by atomic mass is 79.9. The Morgan fingerprint density at radius 1 is 1.37 bits per heavy atom. The number of carbonyl (C=O) groups excluding carboxylic acids is 1. The van der Waals surface area contributed by atoms with Crippen molar-refractivity contribution in [2.75, 3.05) is 25.1 Å². The smallest absolute Gasteiger partial charge is 0.228 e. The highest BCUT2D eigenvalue weighted by molar-refractivity contribution is 9.09. The zero-order valence-corrected chi connectivity index (χ0v) is 12.6. The van der Waals surface area contributed by atoms with Crippen molar-refractivity contribution in [1.82, 2.24) is 4.90 Å². The fourth-order valence-corrected chi connectivity index (χ4v) is 2.79. The summed E-state index contributed by atoms with van der Waals surface area (Å²) in [6.45, 7) is 2.79. The first-order valence-corrected chi connectivity index (χ1v) is 7.90. The molecule has 1 aliphatic rings. The quantitative estimate of drug-likeness (QED) is 0.779. The lowest BCUT2D eigenvalue weighted by Crippen LogP contribution is -2.40. The van der Waals surface area contributed by atoms with Crippen molar-refractivity contribution in [1.29, 1.82) is 0 Å². The van der Waals surface area contributed by atoms with Crippen molar-refractivity contribution >= 4 is 21.8 Å². The summed E-state index contributed by atoms with van der Waals surface area (Å²) in [6, 6.07) is 10.1. The molecule has 1 atom stereocenters. The molecule has 19 heavy (non-hydrogen) atoms. The van der Waals surface area contributed by atoms with Crippen LogP contribution in [-0.2, 0) is 16.1 Å². The summed E-state index contributed by atoms with van der Waals surface area (Å²) in [7, 11) is 0. The van der Waals surface area contributed by atoms with Crippen molar-refractivity contribution in [2.45, 2.75) is 19.4 Å². The third-order valence-electron chi connectivity index (χ3n) is 3.39. The molecule has 0 bridgehead atoms. The molecule has 1 amide bonds. The number of nitrogens with zero attached hydrogens (tertiary/aromatic N) is 1. The van der Waals surface area contributed by atoms with Crippen LogP contribution in [0.1, 0.15) is 18.4 Å². The van der Waals surface area contributed by atoms with Crippen molar-refractivity contribution in [3.8, 4) is 0 Å². The van der Waals surface area contributed by atoms with Gasteiger partial charge < -0.3 is 9.64 Å². The van der Waals surface area contributed by atoms with Gasteiger partial charge in [0.2, 0.25) is 5.91 Å². The van der Waals surface area contributed by atoms with Crippen molar-refractivity contribution < 1.29 is 9.53 Å². The molecule has 1 aromatic rings. The number of amides is 1. The summed E-state index contributed by atoms with van der Waals surface area (Å²) >= 11 is 3.43. The molecule has 1 fully saturated rings. The van der Waals surface area contributed by atoms with Crippen molar-refractivity contribution in [2.24, 2.45) is 5.92 Å². The average molecular weight is 326 g/mol. The van der Waals surface area contributed by atoms with Crippen LogP contribution in [0.3, 0.4) is 0 Å². The molecule has 0 N–H and O–H groups in total. The lowest BCUT2D eigenvalue weighted by molar-refractivity contribution is -0.140. The van der Waals surface area contributed by atoms with Gasteiger partial charge in [0.25, 0.3) is 0 Å². The van der Waals surface area contributed by atoms with Crippen LogP contribution in [-0.4, -0.2) is 35.9 Å². The van der Waals surface area contributed by atoms with E-state index in [1.54, 1.807) is 0 Å². The topological polar surface area (TPSA) is 29.5 Å². The van der Waals surface area contributed by atoms with Crippen LogP contribution in [0.2, 0.25) is 0 Å². The Bertz CT molecular complexity index is 390. The third kappa shape index (κ3) is 4.32. The highest BCUT2D eigenvalue weighted by Crippen LogP contribution is 2.18. The maximum atomic E-state index is 12.5. The fraction of sp³-hybridized carbons (Fsp3) is 0.533. The summed E-state index contributed by atoms with van der Waals surface area (Å²) in [6.07, 6.45) is 1.94. The van der Waals surface area contributed by atoms with Gasteiger partial charge in [-0.2, -0.15) is 0 Å². The van der Waals surface area contributed by atoms with Gasteiger partial charge in [0.15, 0.2) is 0 Å². The van der Waals surface area contributed by atoms with Gasteiger partial charge in [-0.15, -0.1) is 0 Å². The zero-order chi connectivity index (χ0) is 13.5. The van der Waals surface area contributed by atoms with Crippen LogP contribution < -0.4 is 0 Å². The number of ether oxygens (including phenoxy) is 1. The maximum Gasteiger partial charge on any atom is 0.228 e. The second-order valence-electron chi connectivity index (χ2n) is 4.85. The van der Waals surface area contributed by atoms with Crippen LogP contribution in [0.15, 0.2) is 30.3 Å². The lowest BCUT2D eigenvalue weighted by atomic mass is 10.0. The fourth-order valence-electron chi connectivity index (χ4n) is 2.37. The molecular formula is C15H20BrNO2. The standard InChI is InChI=1S/C15H20BrNO2/c16-8-9-17(11-13-5-2-1-3-6-13)15(18)14-7-4-10-19-12-14/h1-3,5-6,14H,4,7-12H2. The van der Waals surface area contributed by atoms with Gasteiger partial charge in [-0.05, 0) is 18.4 Å². The summed E-state index contributed by atoms with van der Waals surface area (Å²) < 4.78 is 5.42. The normalized spacial score (nSPS) is 19.1. The molecule has 1 saturated heterocycles. The van der Waals surface area contributed by atoms with Gasteiger partial charge in [-0.25, -0.2) is 0 Å². The molecule has 4 heteroatoms. The molecule has 104 valence electrons. The third-order valence-corrected chi connectivity index (χ3v) is 3.75.